The molecule has 9 atom stereocenters. The molecule has 0 radical (unpaired) electrons. The van der Waals surface area contributed by atoms with Gasteiger partial charge in [-0.15, -0.1) is 0 Å². The van der Waals surface area contributed by atoms with E-state index < -0.39 is 81.2 Å². The smallest absolute Gasteiger partial charge is 0.756 e. The number of hydrogen-bond acceptors (Lipinski definition) is 18. The van der Waals surface area contributed by atoms with Crippen molar-refractivity contribution in [1.29, 1.82) is 0 Å². The van der Waals surface area contributed by atoms with Crippen LogP contribution in [0.4, 0.5) is 11.9 Å². The number of aromatic amines is 2. The van der Waals surface area contributed by atoms with E-state index in [2.05, 4.69) is 29.9 Å². The predicted octanol–water partition coefficient (Wildman–Crippen LogP) is -7.18. The molecule has 0 bridgehead atoms. The Labute approximate surface area is 272 Å². The number of phosphoric ester groups is 1. The standard InChI is InChI=1S/C21H27N10O12P.Na/c1-39-12-11(34)7(42-18(12)30-4-24-8-14(30)26-20(22)28-16(8)35)3-40-44(37,38)43-13-10(33)6(2-32)41-19(13)31-5-25-9-15(31)27-21(23)29-17(9)36;/h4-7,10-13,18-19,32-34H,2-3H2,1H3,(H,37,38)(H3,22,26,28,35)(H3,23,27,29,36);/q;+1/p-1/t6-,7+,10-,11-,12-,13-,18-,19-;/m1./s1. The van der Waals surface area contributed by atoms with E-state index in [9.17, 15) is 34.4 Å². The Bertz CT molecular complexity index is 1870. The van der Waals surface area contributed by atoms with E-state index in [1.807, 2.05) is 0 Å². The van der Waals surface area contributed by atoms with E-state index in [1.54, 1.807) is 0 Å². The number of aromatic nitrogens is 8. The zero-order valence-corrected chi connectivity index (χ0v) is 26.4. The number of nitrogens with one attached hydrogen (secondary N) is 2. The van der Waals surface area contributed by atoms with E-state index in [0.29, 0.717) is 0 Å². The number of rotatable bonds is 9. The van der Waals surface area contributed by atoms with E-state index in [-0.39, 0.29) is 63.8 Å². The molecule has 24 heteroatoms. The second-order valence-corrected chi connectivity index (χ2v) is 11.2. The first-order valence-corrected chi connectivity index (χ1v) is 14.3. The summed E-state index contributed by atoms with van der Waals surface area (Å²) in [5.41, 5.74) is 9.66. The Morgan fingerprint density at radius 1 is 0.956 bits per heavy atom. The number of fused-ring (bicyclic) bond motifs is 2. The maximum Gasteiger partial charge on any atom is 1.00 e. The Hall–Kier alpha value is -2.83. The average molecular weight is 664 g/mol. The van der Waals surface area contributed by atoms with Gasteiger partial charge >= 0.3 is 29.6 Å². The third-order valence-electron chi connectivity index (χ3n) is 7.18. The van der Waals surface area contributed by atoms with Crippen molar-refractivity contribution >= 4 is 42.0 Å². The van der Waals surface area contributed by atoms with Gasteiger partial charge in [-0.1, -0.05) is 0 Å². The van der Waals surface area contributed by atoms with Gasteiger partial charge < -0.3 is 54.9 Å². The topological polar surface area (TPSA) is 326 Å². The second kappa shape index (κ2) is 12.8. The van der Waals surface area contributed by atoms with Crippen molar-refractivity contribution < 1.29 is 77.6 Å². The summed E-state index contributed by atoms with van der Waals surface area (Å²) in [7, 11) is -4.04. The SMILES string of the molecule is CO[C@@H]1[C@H](O)[C@H](COP(=O)([O-])O[C@@H]2[C@H](O)[C@@H](CO)O[C@H]2n2cnc3c(=O)[nH]c(N)nc32)O[C@H]1n1cnc2c(=O)[nH]c(N)nc21.[Na+]. The molecule has 1 unspecified atom stereocenters. The summed E-state index contributed by atoms with van der Waals surface area (Å²) in [6.45, 7) is -1.50. The molecule has 238 valence electrons. The van der Waals surface area contributed by atoms with Crippen molar-refractivity contribution in [2.24, 2.45) is 0 Å². The number of aliphatic hydroxyl groups excluding tert-OH is 3. The van der Waals surface area contributed by atoms with Crippen LogP contribution < -0.4 is 57.0 Å². The summed E-state index contributed by atoms with van der Waals surface area (Å²) < 4.78 is 42.4. The number of H-pyrrole nitrogens is 2. The fourth-order valence-electron chi connectivity index (χ4n) is 5.14. The van der Waals surface area contributed by atoms with Gasteiger partial charge in [0.2, 0.25) is 11.9 Å². The quantitative estimate of drug-likeness (QED) is 0.0645. The third kappa shape index (κ3) is 6.05. The van der Waals surface area contributed by atoms with Crippen LogP contribution in [0.2, 0.25) is 0 Å². The fourth-order valence-corrected chi connectivity index (χ4v) is 6.06. The predicted molar refractivity (Wildman–Crippen MR) is 141 cm³/mol. The van der Waals surface area contributed by atoms with Gasteiger partial charge in [0.15, 0.2) is 34.8 Å². The number of aliphatic hydroxyl groups is 3. The maximum atomic E-state index is 13.0. The van der Waals surface area contributed by atoms with Crippen LogP contribution >= 0.6 is 7.82 Å². The number of anilines is 2. The van der Waals surface area contributed by atoms with Crippen LogP contribution in [-0.2, 0) is 27.8 Å². The van der Waals surface area contributed by atoms with Gasteiger partial charge in [0, 0.05) is 7.11 Å². The number of nitrogens with two attached hydrogens (primary N) is 2. The van der Waals surface area contributed by atoms with Crippen molar-refractivity contribution in [1.82, 2.24) is 39.0 Å². The minimum absolute atomic E-state index is 0. The Morgan fingerprint density at radius 2 is 1.44 bits per heavy atom. The summed E-state index contributed by atoms with van der Waals surface area (Å²) >= 11 is 0. The van der Waals surface area contributed by atoms with Crippen LogP contribution in [0.15, 0.2) is 22.2 Å². The number of ether oxygens (including phenoxy) is 3. The number of hydrogen-bond donors (Lipinski definition) is 7. The molecule has 0 spiro atoms. The zero-order valence-electron chi connectivity index (χ0n) is 23.5. The van der Waals surface area contributed by atoms with Crippen molar-refractivity contribution in [2.75, 3.05) is 31.8 Å². The monoisotopic (exact) mass is 664 g/mol. The third-order valence-corrected chi connectivity index (χ3v) is 8.14. The van der Waals surface area contributed by atoms with Crippen molar-refractivity contribution in [3.8, 4) is 0 Å². The van der Waals surface area contributed by atoms with Gasteiger partial charge in [0.05, 0.1) is 25.9 Å². The summed E-state index contributed by atoms with van der Waals surface area (Å²) in [5.74, 6) is -0.468. The molecule has 2 aliphatic rings. The van der Waals surface area contributed by atoms with Crippen LogP contribution in [-0.4, -0.2) is 111 Å². The van der Waals surface area contributed by atoms with Gasteiger partial charge in [0.1, 0.15) is 36.6 Å². The van der Waals surface area contributed by atoms with E-state index >= 15 is 0 Å². The number of imidazole rings is 2. The number of phosphoric acid groups is 1. The van der Waals surface area contributed by atoms with Crippen molar-refractivity contribution in [3.63, 3.8) is 0 Å². The first-order chi connectivity index (χ1) is 20.9. The van der Waals surface area contributed by atoms with Crippen LogP contribution in [0.25, 0.3) is 22.3 Å². The molecule has 6 heterocycles. The van der Waals surface area contributed by atoms with Crippen LogP contribution in [0.5, 0.6) is 0 Å². The molecule has 2 saturated heterocycles. The Kier molecular flexibility index (Phi) is 9.50. The van der Waals surface area contributed by atoms with Gasteiger partial charge in [-0.3, -0.25) is 33.3 Å². The molecule has 0 aliphatic carbocycles. The number of methoxy groups -OCH3 is 1. The molecular weight excluding hydrogens is 638 g/mol. The van der Waals surface area contributed by atoms with Gasteiger partial charge in [-0.05, 0) is 0 Å². The Balaban J connectivity index is 0.00000400. The van der Waals surface area contributed by atoms with Crippen LogP contribution in [0.1, 0.15) is 12.5 Å². The largest absolute Gasteiger partial charge is 1.00 e. The van der Waals surface area contributed by atoms with Gasteiger partial charge in [-0.2, -0.15) is 9.97 Å². The zero-order chi connectivity index (χ0) is 31.5. The fraction of sp³-hybridized carbons (Fsp3) is 0.524. The molecule has 0 saturated carbocycles. The Morgan fingerprint density at radius 3 is 1.96 bits per heavy atom. The molecule has 4 aromatic heterocycles. The number of nitrogen functional groups attached to an aromatic ring is 2. The molecular formula is C21H26N10NaO12P. The first kappa shape index (κ1) is 33.5. The molecule has 4 aromatic rings. The molecule has 6 rings (SSSR count). The normalized spacial score (nSPS) is 29.7. The molecule has 2 aliphatic heterocycles. The van der Waals surface area contributed by atoms with Gasteiger partial charge in [-0.25, -0.2) is 9.97 Å². The molecule has 45 heavy (non-hydrogen) atoms. The van der Waals surface area contributed by atoms with Crippen LogP contribution in [0.3, 0.4) is 0 Å². The van der Waals surface area contributed by atoms with Crippen molar-refractivity contribution in [3.05, 3.63) is 33.4 Å². The maximum absolute atomic E-state index is 13.0. The molecule has 9 N–H and O–H groups in total. The van der Waals surface area contributed by atoms with E-state index in [0.717, 1.165) is 10.9 Å². The van der Waals surface area contributed by atoms with Crippen LogP contribution in [0, 0.1) is 0 Å². The number of nitrogens with zero attached hydrogens (tertiary/aromatic N) is 6. The van der Waals surface area contributed by atoms with E-state index in [1.165, 1.54) is 18.0 Å². The first-order valence-electron chi connectivity index (χ1n) is 12.8. The molecule has 22 nitrogen and oxygen atoms in total. The summed E-state index contributed by atoms with van der Waals surface area (Å²) in [6, 6.07) is 0. The second-order valence-electron chi connectivity index (χ2n) is 9.86. The van der Waals surface area contributed by atoms with Gasteiger partial charge in [0.25, 0.3) is 18.9 Å². The summed E-state index contributed by atoms with van der Waals surface area (Å²) in [4.78, 5) is 57.9. The summed E-state index contributed by atoms with van der Waals surface area (Å²) in [5, 5.41) is 31.2. The minimum Gasteiger partial charge on any atom is -0.756 e. The molecule has 2 fully saturated rings. The minimum atomic E-state index is -5.32. The molecule has 0 aromatic carbocycles. The average Bonchev–Trinajstić information content (AvgIpc) is 3.72. The van der Waals surface area contributed by atoms with E-state index in [4.69, 9.17) is 34.7 Å². The molecule has 0 amide bonds. The van der Waals surface area contributed by atoms with Crippen molar-refractivity contribution in [2.45, 2.75) is 49.1 Å². The summed E-state index contributed by atoms with van der Waals surface area (Å²) in [6.07, 6.45) is -8.83.